The lowest BCUT2D eigenvalue weighted by atomic mass is 9.66. The average Bonchev–Trinajstić information content (AvgIpc) is 3.50. The first-order valence-electron chi connectivity index (χ1n) is 14.7. The van der Waals surface area contributed by atoms with E-state index in [9.17, 15) is 22.8 Å². The summed E-state index contributed by atoms with van der Waals surface area (Å²) >= 11 is 0. The van der Waals surface area contributed by atoms with Crippen LogP contribution in [-0.2, 0) is 24.4 Å². The number of carbonyl (C=O) groups is 3. The van der Waals surface area contributed by atoms with E-state index in [-0.39, 0.29) is 41.5 Å². The number of nitrogens with zero attached hydrogens (tertiary/aromatic N) is 2. The minimum Gasteiger partial charge on any atom is -0.299 e. The minimum atomic E-state index is -4.03. The van der Waals surface area contributed by atoms with E-state index >= 15 is 0 Å². The standard InChI is InChI=1S/C33H34N2O5S/c1-20-14-16-23(17-15-20)41(39,40)34-19-27-29-26(32(37)35(33(29)38)22-10-3-2-4-11-22)18-28(36)30(27)31(34)25-13-7-9-21-8-5-6-12-24(21)25/h5-9,12-17,22,26-27,29-31H,2-4,10-11,18-19H2,1H3/t26-,27-,29-,30-,31-/m0/s1. The summed E-state index contributed by atoms with van der Waals surface area (Å²) in [6, 6.07) is 19.4. The zero-order valence-electron chi connectivity index (χ0n) is 23.1. The molecule has 212 valence electrons. The quantitative estimate of drug-likeness (QED) is 0.410. The maximum atomic E-state index is 14.3. The van der Waals surface area contributed by atoms with Gasteiger partial charge < -0.3 is 0 Å². The van der Waals surface area contributed by atoms with Gasteiger partial charge in [0.05, 0.1) is 22.8 Å². The molecule has 5 atom stereocenters. The number of rotatable bonds is 4. The summed E-state index contributed by atoms with van der Waals surface area (Å²) in [6.45, 7) is 1.93. The lowest BCUT2D eigenvalue weighted by molar-refractivity contribution is -0.143. The lowest BCUT2D eigenvalue weighted by Crippen LogP contribution is -2.43. The summed E-state index contributed by atoms with van der Waals surface area (Å²) < 4.78 is 30.1. The van der Waals surface area contributed by atoms with Gasteiger partial charge in [-0.2, -0.15) is 4.31 Å². The van der Waals surface area contributed by atoms with E-state index in [2.05, 4.69) is 0 Å². The second-order valence-corrected chi connectivity index (χ2v) is 14.1. The molecule has 0 unspecified atom stereocenters. The number of imide groups is 1. The molecule has 2 saturated carbocycles. The van der Waals surface area contributed by atoms with Crippen LogP contribution < -0.4 is 0 Å². The Labute approximate surface area is 240 Å². The number of fused-ring (bicyclic) bond motifs is 4. The second-order valence-electron chi connectivity index (χ2n) is 12.2. The lowest BCUT2D eigenvalue weighted by Gasteiger charge is -2.34. The molecule has 3 aromatic rings. The van der Waals surface area contributed by atoms with Crippen molar-refractivity contribution in [1.29, 1.82) is 0 Å². The summed E-state index contributed by atoms with van der Waals surface area (Å²) in [4.78, 5) is 43.4. The van der Waals surface area contributed by atoms with Crippen molar-refractivity contribution in [1.82, 2.24) is 9.21 Å². The maximum absolute atomic E-state index is 14.3. The second kappa shape index (κ2) is 9.88. The smallest absolute Gasteiger partial charge is 0.243 e. The Kier molecular flexibility index (Phi) is 6.39. The molecule has 2 aliphatic heterocycles. The Hall–Kier alpha value is -3.36. The first-order valence-corrected chi connectivity index (χ1v) is 16.2. The Morgan fingerprint density at radius 2 is 1.49 bits per heavy atom. The van der Waals surface area contributed by atoms with E-state index in [1.807, 2.05) is 49.4 Å². The van der Waals surface area contributed by atoms with Gasteiger partial charge in [0, 0.05) is 24.9 Å². The fourth-order valence-corrected chi connectivity index (χ4v) is 9.73. The largest absolute Gasteiger partial charge is 0.299 e. The van der Waals surface area contributed by atoms with Crippen molar-refractivity contribution in [2.24, 2.45) is 23.7 Å². The van der Waals surface area contributed by atoms with Crippen LogP contribution in [0.5, 0.6) is 0 Å². The molecule has 7 nitrogen and oxygen atoms in total. The third-order valence-electron chi connectivity index (χ3n) is 9.98. The van der Waals surface area contributed by atoms with E-state index < -0.39 is 39.7 Å². The maximum Gasteiger partial charge on any atom is 0.243 e. The fourth-order valence-electron chi connectivity index (χ4n) is 8.07. The van der Waals surface area contributed by atoms with Crippen LogP contribution in [0.25, 0.3) is 10.8 Å². The molecule has 4 fully saturated rings. The van der Waals surface area contributed by atoms with Gasteiger partial charge in [-0.05, 0) is 54.2 Å². The van der Waals surface area contributed by atoms with E-state index in [1.54, 1.807) is 24.3 Å². The van der Waals surface area contributed by atoms with Crippen LogP contribution in [0, 0.1) is 30.6 Å². The number of hydrogen-bond acceptors (Lipinski definition) is 5. The van der Waals surface area contributed by atoms with Crippen LogP contribution in [0.1, 0.15) is 55.7 Å². The highest BCUT2D eigenvalue weighted by atomic mass is 32.2. The summed E-state index contributed by atoms with van der Waals surface area (Å²) in [7, 11) is -4.03. The van der Waals surface area contributed by atoms with Crippen molar-refractivity contribution >= 4 is 38.4 Å². The first kappa shape index (κ1) is 26.5. The van der Waals surface area contributed by atoms with Gasteiger partial charge in [-0.1, -0.05) is 79.4 Å². The number of aryl methyl sites for hydroxylation is 1. The highest BCUT2D eigenvalue weighted by molar-refractivity contribution is 7.89. The van der Waals surface area contributed by atoms with E-state index in [4.69, 9.17) is 0 Å². The van der Waals surface area contributed by atoms with Gasteiger partial charge in [-0.15, -0.1) is 0 Å². The summed E-state index contributed by atoms with van der Waals surface area (Å²) in [5.41, 5.74) is 1.71. The third-order valence-corrected chi connectivity index (χ3v) is 11.8. The van der Waals surface area contributed by atoms with Crippen LogP contribution in [0.3, 0.4) is 0 Å². The van der Waals surface area contributed by atoms with Crippen LogP contribution >= 0.6 is 0 Å². The highest BCUT2D eigenvalue weighted by Gasteiger charge is 2.64. The molecule has 2 saturated heterocycles. The number of sulfonamides is 1. The van der Waals surface area contributed by atoms with Gasteiger partial charge in [0.2, 0.25) is 21.8 Å². The summed E-state index contributed by atoms with van der Waals surface area (Å²) in [5, 5.41) is 1.84. The minimum absolute atomic E-state index is 0.0146. The number of amides is 2. The van der Waals surface area contributed by atoms with E-state index in [0.717, 1.165) is 54.0 Å². The molecule has 2 heterocycles. The molecule has 7 rings (SSSR count). The molecule has 0 radical (unpaired) electrons. The first-order chi connectivity index (χ1) is 19.8. The molecular weight excluding hydrogens is 536 g/mol. The molecule has 2 amide bonds. The predicted molar refractivity (Wildman–Crippen MR) is 154 cm³/mol. The van der Waals surface area contributed by atoms with Crippen molar-refractivity contribution in [2.75, 3.05) is 6.54 Å². The molecule has 2 aliphatic carbocycles. The molecule has 8 heteroatoms. The fraction of sp³-hybridized carbons (Fsp3) is 0.424. The van der Waals surface area contributed by atoms with Crippen LogP contribution in [-0.4, -0.2) is 47.8 Å². The highest BCUT2D eigenvalue weighted by Crippen LogP contribution is 2.55. The molecule has 4 aliphatic rings. The predicted octanol–water partition coefficient (Wildman–Crippen LogP) is 5.03. The monoisotopic (exact) mass is 570 g/mol. The van der Waals surface area contributed by atoms with Gasteiger partial charge in [0.15, 0.2) is 0 Å². The van der Waals surface area contributed by atoms with Crippen molar-refractivity contribution in [3.05, 3.63) is 77.9 Å². The topological polar surface area (TPSA) is 91.8 Å². The Morgan fingerprint density at radius 3 is 2.24 bits per heavy atom. The summed E-state index contributed by atoms with van der Waals surface area (Å²) in [5.74, 6) is -3.21. The molecule has 0 N–H and O–H groups in total. The molecular formula is C33H34N2O5S. The van der Waals surface area contributed by atoms with Crippen molar-refractivity contribution in [2.45, 2.75) is 62.4 Å². The third kappa shape index (κ3) is 4.09. The summed E-state index contributed by atoms with van der Waals surface area (Å²) in [6.07, 6.45) is 4.64. The van der Waals surface area contributed by atoms with Gasteiger partial charge >= 0.3 is 0 Å². The van der Waals surface area contributed by atoms with Crippen molar-refractivity contribution in [3.8, 4) is 0 Å². The number of carbonyl (C=O) groups excluding carboxylic acids is 3. The number of Topliss-reactive ketones (excluding diaryl/α,β-unsaturated/α-hetero) is 1. The number of ketones is 1. The molecule has 41 heavy (non-hydrogen) atoms. The molecule has 0 aromatic heterocycles. The normalized spacial score (nSPS) is 29.2. The zero-order chi connectivity index (χ0) is 28.5. The van der Waals surface area contributed by atoms with Gasteiger partial charge in [-0.25, -0.2) is 8.42 Å². The Morgan fingerprint density at radius 1 is 0.780 bits per heavy atom. The van der Waals surface area contributed by atoms with Crippen LogP contribution in [0.15, 0.2) is 71.6 Å². The average molecular weight is 571 g/mol. The number of hydrogen-bond donors (Lipinski definition) is 0. The van der Waals surface area contributed by atoms with Crippen molar-refractivity contribution < 1.29 is 22.8 Å². The SMILES string of the molecule is Cc1ccc(S(=O)(=O)N2C[C@H]3[C@H]4C(=O)N(C5CCCCC5)C(=O)[C@H]4CC(=O)[C@H]3[C@@H]2c2cccc3ccccc23)cc1. The molecule has 3 aromatic carbocycles. The van der Waals surface area contributed by atoms with Gasteiger partial charge in [0.1, 0.15) is 5.78 Å². The molecule has 0 bridgehead atoms. The number of likely N-dealkylation sites (tertiary alicyclic amines) is 1. The number of benzene rings is 3. The van der Waals surface area contributed by atoms with Crippen molar-refractivity contribution in [3.63, 3.8) is 0 Å². The van der Waals surface area contributed by atoms with Crippen LogP contribution in [0.4, 0.5) is 0 Å². The van der Waals surface area contributed by atoms with Crippen LogP contribution in [0.2, 0.25) is 0 Å². The van der Waals surface area contributed by atoms with Gasteiger partial charge in [0.25, 0.3) is 0 Å². The van der Waals surface area contributed by atoms with Gasteiger partial charge in [-0.3, -0.25) is 19.3 Å². The molecule has 0 spiro atoms. The zero-order valence-corrected chi connectivity index (χ0v) is 23.9. The Balaban J connectivity index is 1.36. The Bertz CT molecular complexity index is 1660. The van der Waals surface area contributed by atoms with E-state index in [0.29, 0.717) is 0 Å². The van der Waals surface area contributed by atoms with E-state index in [1.165, 1.54) is 9.21 Å².